The molecular formula is C11H20N2O3. The number of carbonyl (C=O) groups is 2. The quantitative estimate of drug-likeness (QED) is 0.710. The predicted molar refractivity (Wildman–Crippen MR) is 60.1 cm³/mol. The summed E-state index contributed by atoms with van der Waals surface area (Å²) in [6.45, 7) is 1.93. The van der Waals surface area contributed by atoms with Crippen molar-refractivity contribution in [3.05, 3.63) is 0 Å². The predicted octanol–water partition coefficient (Wildman–Crippen LogP) is 0.309. The van der Waals surface area contributed by atoms with Gasteiger partial charge >= 0.3 is 5.97 Å². The number of hydrogen-bond acceptors (Lipinski definition) is 3. The third kappa shape index (κ3) is 4.18. The number of carbonyl (C=O) groups excluding carboxylic acids is 1. The van der Waals surface area contributed by atoms with Crippen LogP contribution in [0.5, 0.6) is 0 Å². The fourth-order valence-electron chi connectivity index (χ4n) is 2.06. The van der Waals surface area contributed by atoms with Crippen LogP contribution in [0, 0.1) is 5.92 Å². The van der Waals surface area contributed by atoms with Crippen molar-refractivity contribution < 1.29 is 14.7 Å². The van der Waals surface area contributed by atoms with Crippen LogP contribution in [-0.2, 0) is 9.59 Å². The Morgan fingerprint density at radius 2 is 2.00 bits per heavy atom. The molecule has 0 atom stereocenters. The van der Waals surface area contributed by atoms with Crippen LogP contribution in [0.15, 0.2) is 0 Å². The highest BCUT2D eigenvalue weighted by Crippen LogP contribution is 2.21. The third-order valence-electron chi connectivity index (χ3n) is 3.06. The van der Waals surface area contributed by atoms with Gasteiger partial charge in [-0.05, 0) is 32.2 Å². The van der Waals surface area contributed by atoms with Gasteiger partial charge in [0, 0.05) is 19.5 Å². The van der Waals surface area contributed by atoms with Crippen LogP contribution in [0.3, 0.4) is 0 Å². The Labute approximate surface area is 95.8 Å². The standard InChI is InChI=1S/C11H20N2O3/c1-12-8-10(14)13-6-4-9(5-7-13)2-3-11(15)16/h9,12H,2-8H2,1H3,(H,15,16). The van der Waals surface area contributed by atoms with Gasteiger partial charge in [-0.2, -0.15) is 0 Å². The molecule has 1 fully saturated rings. The van der Waals surface area contributed by atoms with E-state index in [9.17, 15) is 9.59 Å². The summed E-state index contributed by atoms with van der Waals surface area (Å²) in [4.78, 5) is 23.8. The van der Waals surface area contributed by atoms with Crippen LogP contribution >= 0.6 is 0 Å². The molecule has 1 rings (SSSR count). The maximum Gasteiger partial charge on any atom is 0.303 e. The molecule has 5 nitrogen and oxygen atoms in total. The molecule has 1 saturated heterocycles. The summed E-state index contributed by atoms with van der Waals surface area (Å²) in [5, 5.41) is 11.4. The number of aliphatic carboxylic acids is 1. The van der Waals surface area contributed by atoms with Crippen molar-refractivity contribution in [3.8, 4) is 0 Å². The van der Waals surface area contributed by atoms with Crippen LogP contribution in [-0.4, -0.2) is 48.6 Å². The van der Waals surface area contributed by atoms with E-state index in [0.29, 0.717) is 12.5 Å². The Bertz CT molecular complexity index is 248. The van der Waals surface area contributed by atoms with Crippen LogP contribution in [0.1, 0.15) is 25.7 Å². The minimum absolute atomic E-state index is 0.138. The number of piperidine rings is 1. The van der Waals surface area contributed by atoms with Crippen molar-refractivity contribution in [3.63, 3.8) is 0 Å². The van der Waals surface area contributed by atoms with Crippen LogP contribution in [0.25, 0.3) is 0 Å². The molecule has 0 spiro atoms. The summed E-state index contributed by atoms with van der Waals surface area (Å²) in [6, 6.07) is 0. The first kappa shape index (κ1) is 13.0. The van der Waals surface area contributed by atoms with E-state index in [1.807, 2.05) is 4.90 Å². The maximum atomic E-state index is 11.5. The molecule has 1 aliphatic rings. The number of amides is 1. The van der Waals surface area contributed by atoms with Gasteiger partial charge in [0.15, 0.2) is 0 Å². The van der Waals surface area contributed by atoms with Crippen LogP contribution in [0.2, 0.25) is 0 Å². The highest BCUT2D eigenvalue weighted by molar-refractivity contribution is 5.78. The van der Waals surface area contributed by atoms with E-state index >= 15 is 0 Å². The molecule has 0 aromatic carbocycles. The van der Waals surface area contributed by atoms with Gasteiger partial charge in [0.05, 0.1) is 6.54 Å². The van der Waals surface area contributed by atoms with Gasteiger partial charge in [0.25, 0.3) is 0 Å². The zero-order valence-corrected chi connectivity index (χ0v) is 9.74. The minimum Gasteiger partial charge on any atom is -0.481 e. The first-order chi connectivity index (χ1) is 7.63. The highest BCUT2D eigenvalue weighted by atomic mass is 16.4. The van der Waals surface area contributed by atoms with Crippen molar-refractivity contribution >= 4 is 11.9 Å². The Hall–Kier alpha value is -1.10. The SMILES string of the molecule is CNCC(=O)N1CCC(CCC(=O)O)CC1. The summed E-state index contributed by atoms with van der Waals surface area (Å²) >= 11 is 0. The topological polar surface area (TPSA) is 69.6 Å². The second kappa shape index (κ2) is 6.48. The summed E-state index contributed by atoms with van der Waals surface area (Å²) < 4.78 is 0. The minimum atomic E-state index is -0.728. The molecule has 1 amide bonds. The summed E-state index contributed by atoms with van der Waals surface area (Å²) in [5.41, 5.74) is 0. The third-order valence-corrected chi connectivity index (χ3v) is 3.06. The van der Waals surface area contributed by atoms with Gasteiger partial charge in [-0.1, -0.05) is 0 Å². The number of hydrogen-bond donors (Lipinski definition) is 2. The molecular weight excluding hydrogens is 208 g/mol. The second-order valence-corrected chi connectivity index (χ2v) is 4.29. The first-order valence-electron chi connectivity index (χ1n) is 5.77. The second-order valence-electron chi connectivity index (χ2n) is 4.29. The van der Waals surface area contributed by atoms with Crippen molar-refractivity contribution in [2.45, 2.75) is 25.7 Å². The van der Waals surface area contributed by atoms with Crippen LogP contribution in [0.4, 0.5) is 0 Å². The summed E-state index contributed by atoms with van der Waals surface area (Å²) in [7, 11) is 1.76. The normalized spacial score (nSPS) is 17.4. The van der Waals surface area contributed by atoms with Crippen molar-refractivity contribution in [2.24, 2.45) is 5.92 Å². The van der Waals surface area contributed by atoms with Gasteiger partial charge in [0.1, 0.15) is 0 Å². The molecule has 0 bridgehead atoms. The lowest BCUT2D eigenvalue weighted by atomic mass is 9.92. The van der Waals surface area contributed by atoms with E-state index in [1.165, 1.54) is 0 Å². The average Bonchev–Trinajstić information content (AvgIpc) is 2.27. The number of carboxylic acid groups (broad SMARTS) is 1. The monoisotopic (exact) mass is 228 g/mol. The molecule has 1 heterocycles. The zero-order valence-electron chi connectivity index (χ0n) is 9.74. The van der Waals surface area contributed by atoms with E-state index in [-0.39, 0.29) is 12.3 Å². The van der Waals surface area contributed by atoms with Crippen molar-refractivity contribution in [1.29, 1.82) is 0 Å². The molecule has 92 valence electrons. The van der Waals surface area contributed by atoms with E-state index < -0.39 is 5.97 Å². The molecule has 0 unspecified atom stereocenters. The largest absolute Gasteiger partial charge is 0.481 e. The van der Waals surface area contributed by atoms with E-state index in [1.54, 1.807) is 7.05 Å². The van der Waals surface area contributed by atoms with E-state index in [4.69, 9.17) is 5.11 Å². The highest BCUT2D eigenvalue weighted by Gasteiger charge is 2.22. The Balaban J connectivity index is 2.23. The lowest BCUT2D eigenvalue weighted by Crippen LogP contribution is -2.42. The fraction of sp³-hybridized carbons (Fsp3) is 0.818. The summed E-state index contributed by atoms with van der Waals surface area (Å²) in [5.74, 6) is -0.123. The Morgan fingerprint density at radius 1 is 1.38 bits per heavy atom. The van der Waals surface area contributed by atoms with Gasteiger partial charge in [-0.3, -0.25) is 9.59 Å². The van der Waals surface area contributed by atoms with Crippen molar-refractivity contribution in [1.82, 2.24) is 10.2 Å². The number of likely N-dealkylation sites (N-methyl/N-ethyl adjacent to an activating group) is 1. The number of carboxylic acids is 1. The molecule has 0 radical (unpaired) electrons. The molecule has 2 N–H and O–H groups in total. The Morgan fingerprint density at radius 3 is 2.50 bits per heavy atom. The Kier molecular flexibility index (Phi) is 5.25. The van der Waals surface area contributed by atoms with E-state index in [2.05, 4.69) is 5.32 Å². The summed E-state index contributed by atoms with van der Waals surface area (Å²) in [6.07, 6.45) is 2.85. The lowest BCUT2D eigenvalue weighted by molar-refractivity contribution is -0.138. The average molecular weight is 228 g/mol. The number of nitrogens with zero attached hydrogens (tertiary/aromatic N) is 1. The van der Waals surface area contributed by atoms with Crippen molar-refractivity contribution in [2.75, 3.05) is 26.7 Å². The number of rotatable bonds is 5. The van der Waals surface area contributed by atoms with Gasteiger partial charge in [-0.25, -0.2) is 0 Å². The lowest BCUT2D eigenvalue weighted by Gasteiger charge is -2.31. The number of likely N-dealkylation sites (tertiary alicyclic amines) is 1. The molecule has 0 aromatic heterocycles. The molecule has 16 heavy (non-hydrogen) atoms. The van der Waals surface area contributed by atoms with Crippen LogP contribution < -0.4 is 5.32 Å². The number of nitrogens with one attached hydrogen (secondary N) is 1. The van der Waals surface area contributed by atoms with E-state index in [0.717, 1.165) is 32.4 Å². The van der Waals surface area contributed by atoms with Gasteiger partial charge in [0.2, 0.25) is 5.91 Å². The fourth-order valence-corrected chi connectivity index (χ4v) is 2.06. The molecule has 1 aliphatic heterocycles. The molecule has 0 saturated carbocycles. The maximum absolute atomic E-state index is 11.5. The van der Waals surface area contributed by atoms with Gasteiger partial charge < -0.3 is 15.3 Å². The van der Waals surface area contributed by atoms with Gasteiger partial charge in [-0.15, -0.1) is 0 Å². The molecule has 0 aromatic rings. The molecule has 0 aliphatic carbocycles. The molecule has 5 heteroatoms. The smallest absolute Gasteiger partial charge is 0.303 e. The first-order valence-corrected chi connectivity index (χ1v) is 5.77. The zero-order chi connectivity index (χ0) is 12.0.